The minimum Gasteiger partial charge on any atom is -0.374 e. The number of ketones is 1. The SMILES string of the molecule is CC1OC(C)C(C(=O)c2c[nH]c3ccc(Cl)cc23)C1C. The number of halogens is 1. The molecular formula is C16H18ClNO2. The van der Waals surface area contributed by atoms with Gasteiger partial charge in [-0.05, 0) is 38.0 Å². The van der Waals surface area contributed by atoms with Crippen LogP contribution in [0.2, 0.25) is 5.02 Å². The third-order valence-corrected chi connectivity index (χ3v) is 4.69. The fourth-order valence-electron chi connectivity index (χ4n) is 3.19. The smallest absolute Gasteiger partial charge is 0.171 e. The van der Waals surface area contributed by atoms with Gasteiger partial charge in [0.15, 0.2) is 5.78 Å². The van der Waals surface area contributed by atoms with Gasteiger partial charge in [0.2, 0.25) is 0 Å². The maximum Gasteiger partial charge on any atom is 0.171 e. The molecule has 4 atom stereocenters. The van der Waals surface area contributed by atoms with E-state index in [0.29, 0.717) is 10.6 Å². The Balaban J connectivity index is 2.03. The number of benzene rings is 1. The van der Waals surface area contributed by atoms with Gasteiger partial charge in [-0.25, -0.2) is 0 Å². The molecule has 2 aromatic rings. The monoisotopic (exact) mass is 291 g/mol. The fourth-order valence-corrected chi connectivity index (χ4v) is 3.37. The predicted molar refractivity (Wildman–Crippen MR) is 80.3 cm³/mol. The van der Waals surface area contributed by atoms with Crippen molar-refractivity contribution in [3.8, 4) is 0 Å². The van der Waals surface area contributed by atoms with Crippen molar-refractivity contribution in [2.45, 2.75) is 33.0 Å². The van der Waals surface area contributed by atoms with E-state index in [2.05, 4.69) is 11.9 Å². The molecule has 1 aliphatic rings. The van der Waals surface area contributed by atoms with Crippen molar-refractivity contribution >= 4 is 28.3 Å². The second kappa shape index (κ2) is 4.90. The summed E-state index contributed by atoms with van der Waals surface area (Å²) >= 11 is 6.04. The first-order valence-corrected chi connectivity index (χ1v) is 7.33. The largest absolute Gasteiger partial charge is 0.374 e. The van der Waals surface area contributed by atoms with Gasteiger partial charge in [-0.15, -0.1) is 0 Å². The number of Topliss-reactive ketones (excluding diaryl/α,β-unsaturated/α-hetero) is 1. The average Bonchev–Trinajstić information content (AvgIpc) is 2.91. The molecule has 3 rings (SSSR count). The van der Waals surface area contributed by atoms with Crippen LogP contribution >= 0.6 is 11.6 Å². The number of aromatic amines is 1. The van der Waals surface area contributed by atoms with Crippen LogP contribution in [0, 0.1) is 11.8 Å². The van der Waals surface area contributed by atoms with E-state index >= 15 is 0 Å². The van der Waals surface area contributed by atoms with Gasteiger partial charge < -0.3 is 9.72 Å². The number of carbonyl (C=O) groups is 1. The molecule has 0 bridgehead atoms. The van der Waals surface area contributed by atoms with Crippen molar-refractivity contribution in [1.82, 2.24) is 4.98 Å². The average molecular weight is 292 g/mol. The molecule has 20 heavy (non-hydrogen) atoms. The number of ether oxygens (including phenoxy) is 1. The first-order chi connectivity index (χ1) is 9.49. The molecule has 4 unspecified atom stereocenters. The Hall–Kier alpha value is -1.32. The summed E-state index contributed by atoms with van der Waals surface area (Å²) < 4.78 is 5.78. The highest BCUT2D eigenvalue weighted by Crippen LogP contribution is 2.36. The second-order valence-electron chi connectivity index (χ2n) is 5.69. The van der Waals surface area contributed by atoms with E-state index in [1.165, 1.54) is 0 Å². The number of hydrogen-bond acceptors (Lipinski definition) is 2. The van der Waals surface area contributed by atoms with Crippen molar-refractivity contribution in [3.63, 3.8) is 0 Å². The zero-order chi connectivity index (χ0) is 14.4. The van der Waals surface area contributed by atoms with Gasteiger partial charge in [0.05, 0.1) is 18.1 Å². The van der Waals surface area contributed by atoms with E-state index in [0.717, 1.165) is 10.9 Å². The summed E-state index contributed by atoms with van der Waals surface area (Å²) in [7, 11) is 0. The van der Waals surface area contributed by atoms with Crippen LogP contribution in [0.4, 0.5) is 0 Å². The Kier molecular flexibility index (Phi) is 3.35. The quantitative estimate of drug-likeness (QED) is 0.848. The van der Waals surface area contributed by atoms with Crippen LogP contribution in [0.3, 0.4) is 0 Å². The molecule has 4 heteroatoms. The van der Waals surface area contributed by atoms with E-state index in [1.807, 2.05) is 32.0 Å². The van der Waals surface area contributed by atoms with E-state index in [1.54, 1.807) is 6.20 Å². The maximum atomic E-state index is 12.9. The van der Waals surface area contributed by atoms with Crippen LogP contribution in [0.25, 0.3) is 10.9 Å². The van der Waals surface area contributed by atoms with Gasteiger partial charge >= 0.3 is 0 Å². The molecule has 1 fully saturated rings. The fraction of sp³-hybridized carbons (Fsp3) is 0.438. The molecule has 0 amide bonds. The van der Waals surface area contributed by atoms with Crippen LogP contribution in [0.15, 0.2) is 24.4 Å². The van der Waals surface area contributed by atoms with Gasteiger partial charge in [0, 0.05) is 27.7 Å². The van der Waals surface area contributed by atoms with E-state index < -0.39 is 0 Å². The maximum absolute atomic E-state index is 12.9. The van der Waals surface area contributed by atoms with Crippen molar-refractivity contribution in [2.75, 3.05) is 0 Å². The zero-order valence-corrected chi connectivity index (χ0v) is 12.6. The Bertz CT molecular complexity index is 664. The molecule has 1 N–H and O–H groups in total. The van der Waals surface area contributed by atoms with Crippen LogP contribution in [-0.2, 0) is 4.74 Å². The van der Waals surface area contributed by atoms with Gasteiger partial charge in [-0.1, -0.05) is 18.5 Å². The first-order valence-electron chi connectivity index (χ1n) is 6.95. The molecule has 1 aromatic carbocycles. The van der Waals surface area contributed by atoms with Crippen molar-refractivity contribution in [2.24, 2.45) is 11.8 Å². The lowest BCUT2D eigenvalue weighted by atomic mass is 9.83. The van der Waals surface area contributed by atoms with Gasteiger partial charge in [-0.2, -0.15) is 0 Å². The van der Waals surface area contributed by atoms with Crippen LogP contribution in [-0.4, -0.2) is 23.0 Å². The lowest BCUT2D eigenvalue weighted by Gasteiger charge is -2.16. The zero-order valence-electron chi connectivity index (χ0n) is 11.8. The number of aromatic nitrogens is 1. The molecule has 0 saturated carbocycles. The minimum atomic E-state index is -0.0945. The topological polar surface area (TPSA) is 42.1 Å². The molecular weight excluding hydrogens is 274 g/mol. The van der Waals surface area contributed by atoms with E-state index in [4.69, 9.17) is 16.3 Å². The summed E-state index contributed by atoms with van der Waals surface area (Å²) in [5.41, 5.74) is 1.65. The molecule has 1 aromatic heterocycles. The molecule has 0 spiro atoms. The Morgan fingerprint density at radius 3 is 2.65 bits per heavy atom. The highest BCUT2D eigenvalue weighted by molar-refractivity contribution is 6.31. The number of carbonyl (C=O) groups excluding carboxylic acids is 1. The summed E-state index contributed by atoms with van der Waals surface area (Å²) in [5.74, 6) is 0.271. The molecule has 1 saturated heterocycles. The summed E-state index contributed by atoms with van der Waals surface area (Å²) in [4.78, 5) is 16.0. The number of fused-ring (bicyclic) bond motifs is 1. The summed E-state index contributed by atoms with van der Waals surface area (Å²) in [5, 5.41) is 1.53. The van der Waals surface area contributed by atoms with Gasteiger partial charge in [0.25, 0.3) is 0 Å². The Labute approximate surface area is 123 Å². The van der Waals surface area contributed by atoms with E-state index in [9.17, 15) is 4.79 Å². The highest BCUT2D eigenvalue weighted by Gasteiger charge is 2.42. The second-order valence-corrected chi connectivity index (χ2v) is 6.12. The van der Waals surface area contributed by atoms with Crippen molar-refractivity contribution in [1.29, 1.82) is 0 Å². The molecule has 0 aliphatic carbocycles. The number of H-pyrrole nitrogens is 1. The third-order valence-electron chi connectivity index (χ3n) is 4.45. The molecule has 1 aliphatic heterocycles. The third kappa shape index (κ3) is 2.05. The van der Waals surface area contributed by atoms with Crippen molar-refractivity contribution < 1.29 is 9.53 Å². The number of nitrogens with one attached hydrogen (secondary N) is 1. The lowest BCUT2D eigenvalue weighted by molar-refractivity contribution is 0.0491. The van der Waals surface area contributed by atoms with E-state index in [-0.39, 0.29) is 29.8 Å². The van der Waals surface area contributed by atoms with Crippen LogP contribution < -0.4 is 0 Å². The Morgan fingerprint density at radius 1 is 1.25 bits per heavy atom. The summed E-state index contributed by atoms with van der Waals surface area (Å²) in [6.07, 6.45) is 1.86. The Morgan fingerprint density at radius 2 is 2.00 bits per heavy atom. The predicted octanol–water partition coefficient (Wildman–Crippen LogP) is 4.06. The first kappa shape index (κ1) is 13.7. The van der Waals surface area contributed by atoms with Gasteiger partial charge in [-0.3, -0.25) is 4.79 Å². The minimum absolute atomic E-state index is 0.0448. The summed E-state index contributed by atoms with van der Waals surface area (Å²) in [6, 6.07) is 5.56. The summed E-state index contributed by atoms with van der Waals surface area (Å²) in [6.45, 7) is 6.09. The standard InChI is InChI=1S/C16H18ClNO2/c1-8-9(2)20-10(3)15(8)16(19)13-7-18-14-5-4-11(17)6-12(13)14/h4-10,15,18H,1-3H3. The molecule has 3 nitrogen and oxygen atoms in total. The van der Waals surface area contributed by atoms with Gasteiger partial charge in [0.1, 0.15) is 0 Å². The normalized spacial score (nSPS) is 30.0. The van der Waals surface area contributed by atoms with Crippen LogP contribution in [0.1, 0.15) is 31.1 Å². The lowest BCUT2D eigenvalue weighted by Crippen LogP contribution is -2.26. The molecule has 106 valence electrons. The van der Waals surface area contributed by atoms with Crippen LogP contribution in [0.5, 0.6) is 0 Å². The highest BCUT2D eigenvalue weighted by atomic mass is 35.5. The number of hydrogen-bond donors (Lipinski definition) is 1. The van der Waals surface area contributed by atoms with Crippen molar-refractivity contribution in [3.05, 3.63) is 35.0 Å². The number of rotatable bonds is 2. The molecule has 2 heterocycles. The molecule has 0 radical (unpaired) electrons.